The van der Waals surface area contributed by atoms with Gasteiger partial charge in [-0.25, -0.2) is 44.5 Å². The van der Waals surface area contributed by atoms with Crippen LogP contribution < -0.4 is 5.73 Å². The predicted octanol–water partition coefficient (Wildman–Crippen LogP) is 5.63. The van der Waals surface area contributed by atoms with E-state index in [0.717, 1.165) is 0 Å². The number of carbonyl (C=O) groups excluding carboxylic acids is 1. The summed E-state index contributed by atoms with van der Waals surface area (Å²) in [6.07, 6.45) is -9.82. The van der Waals surface area contributed by atoms with Gasteiger partial charge < -0.3 is 10.8 Å². The number of aliphatic hydroxyl groups is 1. The van der Waals surface area contributed by atoms with E-state index in [2.05, 4.69) is 4.99 Å². The third kappa shape index (κ3) is 5.72. The van der Waals surface area contributed by atoms with E-state index in [1.807, 2.05) is 0 Å². The molecule has 0 amide bonds. The summed E-state index contributed by atoms with van der Waals surface area (Å²) < 4.78 is 159. The molecule has 0 unspecified atom stereocenters. The van der Waals surface area contributed by atoms with Gasteiger partial charge in [-0.2, -0.15) is 13.2 Å². The first-order valence-corrected chi connectivity index (χ1v) is 8.18. The number of benzene rings is 2. The molecular weight excluding hydrogens is 568 g/mol. The van der Waals surface area contributed by atoms with Crippen molar-refractivity contribution in [2.75, 3.05) is 0 Å². The van der Waals surface area contributed by atoms with Gasteiger partial charge >= 0.3 is 6.18 Å². The zero-order chi connectivity index (χ0) is 26.3. The molecule has 1 radical (unpaired) electrons. The topological polar surface area (TPSA) is 75.7 Å². The monoisotopic (exact) mass is 573 g/mol. The summed E-state index contributed by atoms with van der Waals surface area (Å²) in [6, 6.07) is -0.128. The summed E-state index contributed by atoms with van der Waals surface area (Å²) in [6.45, 7) is 0. The number of alkyl halides is 5. The van der Waals surface area contributed by atoms with Crippen molar-refractivity contribution >= 4 is 17.4 Å². The Balaban J connectivity index is 0.00000612. The van der Waals surface area contributed by atoms with Crippen LogP contribution in [-0.2, 0) is 23.2 Å². The number of ketones is 1. The molecule has 0 spiro atoms. The van der Waals surface area contributed by atoms with E-state index in [1.165, 1.54) is 0 Å². The molecule has 17 heteroatoms. The molecule has 0 aromatic heterocycles. The first kappa shape index (κ1) is 29.8. The molecule has 0 heterocycles. The molecule has 0 atom stereocenters. The molecule has 0 saturated carbocycles. The normalized spacial score (nSPS) is 13.0. The van der Waals surface area contributed by atoms with Crippen LogP contribution >= 0.6 is 0 Å². The summed E-state index contributed by atoms with van der Waals surface area (Å²) in [7, 11) is 0. The third-order valence-corrected chi connectivity index (χ3v) is 3.96. The maximum Gasteiger partial charge on any atom is 0.422 e. The van der Waals surface area contributed by atoms with Crippen molar-refractivity contribution < 1.29 is 79.7 Å². The molecule has 3 N–H and O–H groups in total. The molecule has 35 heavy (non-hydrogen) atoms. The van der Waals surface area contributed by atoms with Gasteiger partial charge in [-0.3, -0.25) is 4.79 Å². The van der Waals surface area contributed by atoms with Crippen LogP contribution in [-0.4, -0.2) is 23.2 Å². The number of Topliss-reactive ketones (excluding diaryl/α,β-unsaturated/α-hetero) is 1. The van der Waals surface area contributed by atoms with Crippen molar-refractivity contribution in [1.29, 1.82) is 0 Å². The summed E-state index contributed by atoms with van der Waals surface area (Å²) in [4.78, 5) is 14.8. The Hall–Kier alpha value is -3.20. The predicted molar refractivity (Wildman–Crippen MR) is 88.9 cm³/mol. The molecular formula is C18H6CuF12N2O2. The van der Waals surface area contributed by atoms with Gasteiger partial charge in [0.05, 0.1) is 5.70 Å². The van der Waals surface area contributed by atoms with Gasteiger partial charge in [0.25, 0.3) is 6.43 Å². The average Bonchev–Trinajstić information content (AvgIpc) is 2.72. The molecule has 4 nitrogen and oxygen atoms in total. The van der Waals surface area contributed by atoms with Crippen LogP contribution in [0.1, 0.15) is 15.9 Å². The fraction of sp³-hybridized carbons (Fsp3) is 0.111. The molecule has 195 valence electrons. The van der Waals surface area contributed by atoms with E-state index in [0.29, 0.717) is 0 Å². The third-order valence-electron chi connectivity index (χ3n) is 3.96. The zero-order valence-corrected chi connectivity index (χ0v) is 16.9. The van der Waals surface area contributed by atoms with Crippen LogP contribution in [0.25, 0.3) is 0 Å². The van der Waals surface area contributed by atoms with E-state index < -0.39 is 93.1 Å². The summed E-state index contributed by atoms with van der Waals surface area (Å²) in [5.41, 5.74) is -5.66. The van der Waals surface area contributed by atoms with E-state index in [-0.39, 0.29) is 29.2 Å². The largest absolute Gasteiger partial charge is 0.493 e. The number of nitrogens with zero attached hydrogens (tertiary/aromatic N) is 1. The minimum absolute atomic E-state index is 0. The Bertz CT molecular complexity index is 1190. The number of allylic oxidation sites excluding steroid dienone is 1. The fourth-order valence-corrected chi connectivity index (χ4v) is 2.43. The summed E-state index contributed by atoms with van der Waals surface area (Å²) in [5.74, 6) is -22.3. The Labute approximate surface area is 196 Å². The molecule has 2 aromatic rings. The molecule has 2 rings (SSSR count). The number of halogens is 12. The van der Waals surface area contributed by atoms with Gasteiger partial charge in [-0.15, -0.1) is 0 Å². The molecule has 2 aromatic carbocycles. The van der Waals surface area contributed by atoms with Crippen LogP contribution in [0.3, 0.4) is 0 Å². The number of nitrogens with two attached hydrogens (primary N) is 1. The maximum absolute atomic E-state index is 14.0. The van der Waals surface area contributed by atoms with E-state index in [4.69, 9.17) is 5.73 Å². The van der Waals surface area contributed by atoms with E-state index >= 15 is 0 Å². The van der Waals surface area contributed by atoms with Gasteiger partial charge in [-0.05, 0) is 12.1 Å². The second-order valence-electron chi connectivity index (χ2n) is 6.13. The average molecular weight is 574 g/mol. The number of carbonyl (C=O) groups is 1. The van der Waals surface area contributed by atoms with Gasteiger partial charge in [-0.1, -0.05) is 0 Å². The van der Waals surface area contributed by atoms with E-state index in [9.17, 15) is 62.6 Å². The first-order chi connectivity index (χ1) is 15.5. The molecule has 0 fully saturated rings. The fourth-order valence-electron chi connectivity index (χ4n) is 2.43. The Morgan fingerprint density at radius 2 is 1.29 bits per heavy atom. The molecule has 0 aliphatic carbocycles. The number of rotatable bonds is 5. The van der Waals surface area contributed by atoms with Crippen molar-refractivity contribution in [3.05, 3.63) is 75.3 Å². The number of aliphatic imine (C=N–C) groups is 1. The van der Waals surface area contributed by atoms with Crippen molar-refractivity contribution in [2.24, 2.45) is 10.7 Å². The maximum atomic E-state index is 14.0. The second-order valence-corrected chi connectivity index (χ2v) is 6.13. The summed E-state index contributed by atoms with van der Waals surface area (Å²) >= 11 is 0. The molecule has 0 aliphatic heterocycles. The minimum Gasteiger partial charge on any atom is -0.493 e. The van der Waals surface area contributed by atoms with Crippen LogP contribution in [0.15, 0.2) is 28.4 Å². The van der Waals surface area contributed by atoms with E-state index in [1.54, 1.807) is 0 Å². The first-order valence-electron chi connectivity index (χ1n) is 8.18. The van der Waals surface area contributed by atoms with Gasteiger partial charge in [0.15, 0.2) is 40.7 Å². The van der Waals surface area contributed by atoms with Crippen molar-refractivity contribution in [1.82, 2.24) is 0 Å². The standard InChI is InChI=1S/C18H6F12N2O2.Cu/c19-4-1-3(2-5(20)8(4)21)15(33)6(13(31)16(26)27)17(34)32-14-11(24)9(22)7(18(28,29)30)10(23)12(14)25;/h1-2,16H,31H2,(H,32,34);/b13-6-;. The number of hydrogen-bond donors (Lipinski definition) is 2. The Morgan fingerprint density at radius 3 is 1.66 bits per heavy atom. The van der Waals surface area contributed by atoms with Gasteiger partial charge in [0.2, 0.25) is 11.7 Å². The smallest absolute Gasteiger partial charge is 0.422 e. The zero-order valence-electron chi connectivity index (χ0n) is 15.9. The molecule has 0 bridgehead atoms. The van der Waals surface area contributed by atoms with Crippen LogP contribution in [0.2, 0.25) is 0 Å². The number of hydrogen-bond acceptors (Lipinski definition) is 3. The van der Waals surface area contributed by atoms with Crippen LogP contribution in [0.5, 0.6) is 0 Å². The SMILES string of the molecule is N/C(=C(/C(=O)c1cc(F)c(F)c(F)c1)C(O)=Nc1c(F)c(F)c(C(F)(F)F)c(F)c1F)C(F)F.[Cu]. The van der Waals surface area contributed by atoms with Crippen molar-refractivity contribution in [3.63, 3.8) is 0 Å². The van der Waals surface area contributed by atoms with Crippen LogP contribution in [0.4, 0.5) is 58.4 Å². The summed E-state index contributed by atoms with van der Waals surface area (Å²) in [5, 5.41) is 9.86. The van der Waals surface area contributed by atoms with Crippen molar-refractivity contribution in [2.45, 2.75) is 12.6 Å². The van der Waals surface area contributed by atoms with Crippen LogP contribution in [0, 0.1) is 40.7 Å². The number of aliphatic hydroxyl groups excluding tert-OH is 1. The van der Waals surface area contributed by atoms with Gasteiger partial charge in [0, 0.05) is 22.6 Å². The quantitative estimate of drug-likeness (QED) is 0.0712. The van der Waals surface area contributed by atoms with Crippen molar-refractivity contribution in [3.8, 4) is 0 Å². The second kappa shape index (κ2) is 10.6. The molecule has 0 aliphatic rings. The minimum atomic E-state index is -5.95. The molecule has 0 saturated heterocycles. The Kier molecular flexibility index (Phi) is 9.03. The Morgan fingerprint density at radius 1 is 0.857 bits per heavy atom. The van der Waals surface area contributed by atoms with Gasteiger partial charge in [0.1, 0.15) is 16.8 Å².